The lowest BCUT2D eigenvalue weighted by Gasteiger charge is -2.09. The Morgan fingerprint density at radius 2 is 1.90 bits per heavy atom. The fourth-order valence-electron chi connectivity index (χ4n) is 2.52. The van der Waals surface area contributed by atoms with Crippen molar-refractivity contribution in [3.63, 3.8) is 0 Å². The molecule has 3 rings (SSSR count). The molecule has 1 aromatic heterocycles. The maximum Gasteiger partial charge on any atom is 0.573 e. The van der Waals surface area contributed by atoms with Gasteiger partial charge in [-0.1, -0.05) is 12.1 Å². The van der Waals surface area contributed by atoms with E-state index in [-0.39, 0.29) is 18.1 Å². The Hall–Kier alpha value is -3.27. The minimum atomic E-state index is -4.73. The van der Waals surface area contributed by atoms with Gasteiger partial charge in [0.2, 0.25) is 5.91 Å². The summed E-state index contributed by atoms with van der Waals surface area (Å²) >= 11 is 1.29. The molecular weight excluding hydrogens is 419 g/mol. The lowest BCUT2D eigenvalue weighted by molar-refractivity contribution is -0.274. The molecule has 0 saturated carbocycles. The van der Waals surface area contributed by atoms with E-state index in [9.17, 15) is 18.0 Å². The van der Waals surface area contributed by atoms with Crippen molar-refractivity contribution in [2.75, 3.05) is 12.4 Å². The third-order valence-electron chi connectivity index (χ3n) is 3.86. The van der Waals surface area contributed by atoms with Gasteiger partial charge < -0.3 is 20.1 Å². The summed E-state index contributed by atoms with van der Waals surface area (Å²) in [6, 6.07) is 12.7. The Kier molecular flexibility index (Phi) is 6.78. The highest BCUT2D eigenvalue weighted by Crippen LogP contribution is 2.26. The van der Waals surface area contributed by atoms with Gasteiger partial charge in [0.1, 0.15) is 11.5 Å². The van der Waals surface area contributed by atoms with Crippen LogP contribution in [0.15, 0.2) is 53.9 Å². The molecule has 6 nitrogen and oxygen atoms in total. The summed E-state index contributed by atoms with van der Waals surface area (Å²) in [5.41, 5.74) is 2.05. The second-order valence-electron chi connectivity index (χ2n) is 6.15. The number of methoxy groups -OCH3 is 1. The number of carbonyl (C=O) groups excluding carboxylic acids is 1. The number of alkyl halides is 3. The van der Waals surface area contributed by atoms with Gasteiger partial charge in [0.15, 0.2) is 5.13 Å². The van der Waals surface area contributed by atoms with E-state index in [0.29, 0.717) is 23.1 Å². The van der Waals surface area contributed by atoms with Crippen LogP contribution in [0.3, 0.4) is 0 Å². The third-order valence-corrected chi connectivity index (χ3v) is 4.66. The summed E-state index contributed by atoms with van der Waals surface area (Å²) in [7, 11) is 1.58. The second kappa shape index (κ2) is 9.49. The van der Waals surface area contributed by atoms with Crippen molar-refractivity contribution in [2.45, 2.75) is 19.3 Å². The van der Waals surface area contributed by atoms with Crippen LogP contribution in [-0.4, -0.2) is 24.4 Å². The molecule has 0 aliphatic carbocycles. The topological polar surface area (TPSA) is 72.5 Å². The summed E-state index contributed by atoms with van der Waals surface area (Å²) < 4.78 is 45.6. The number of rotatable bonds is 8. The lowest BCUT2D eigenvalue weighted by Crippen LogP contribution is -2.24. The fraction of sp³-hybridized carbons (Fsp3) is 0.200. The Labute approximate surface area is 174 Å². The first-order valence-corrected chi connectivity index (χ1v) is 9.65. The van der Waals surface area contributed by atoms with Crippen LogP contribution in [0.1, 0.15) is 11.3 Å². The van der Waals surface area contributed by atoms with Gasteiger partial charge in [-0.2, -0.15) is 0 Å². The van der Waals surface area contributed by atoms with Crippen molar-refractivity contribution in [2.24, 2.45) is 0 Å². The summed E-state index contributed by atoms with van der Waals surface area (Å²) in [5, 5.41) is 8.08. The number of amides is 1. The summed E-state index contributed by atoms with van der Waals surface area (Å²) in [4.78, 5) is 16.5. The number of aromatic nitrogens is 1. The Morgan fingerprint density at radius 3 is 2.60 bits per heavy atom. The maximum atomic E-state index is 12.2. The monoisotopic (exact) mass is 437 g/mol. The molecule has 0 saturated heterocycles. The van der Waals surface area contributed by atoms with E-state index in [4.69, 9.17) is 4.74 Å². The van der Waals surface area contributed by atoms with E-state index >= 15 is 0 Å². The third kappa shape index (κ3) is 6.66. The second-order valence-corrected chi connectivity index (χ2v) is 7.00. The molecule has 3 aromatic rings. The van der Waals surface area contributed by atoms with Crippen LogP contribution in [0.2, 0.25) is 0 Å². The summed E-state index contributed by atoms with van der Waals surface area (Å²) in [6.07, 6.45) is -4.62. The van der Waals surface area contributed by atoms with Gasteiger partial charge in [0, 0.05) is 17.6 Å². The number of anilines is 2. The van der Waals surface area contributed by atoms with E-state index in [1.165, 1.54) is 35.6 Å². The van der Waals surface area contributed by atoms with Gasteiger partial charge in [-0.3, -0.25) is 4.79 Å². The zero-order valence-corrected chi connectivity index (χ0v) is 16.6. The van der Waals surface area contributed by atoms with Crippen LogP contribution < -0.4 is 20.1 Å². The number of carbonyl (C=O) groups is 1. The molecule has 158 valence electrons. The zero-order chi connectivity index (χ0) is 21.6. The number of ether oxygens (including phenoxy) is 2. The molecule has 1 amide bonds. The van der Waals surface area contributed by atoms with E-state index in [1.807, 2.05) is 24.3 Å². The molecule has 30 heavy (non-hydrogen) atoms. The highest BCUT2D eigenvalue weighted by molar-refractivity contribution is 7.13. The van der Waals surface area contributed by atoms with Crippen LogP contribution in [0.25, 0.3) is 0 Å². The number of benzene rings is 2. The molecule has 10 heteroatoms. The highest BCUT2D eigenvalue weighted by Gasteiger charge is 2.30. The quantitative estimate of drug-likeness (QED) is 0.537. The van der Waals surface area contributed by atoms with Gasteiger partial charge in [0.05, 0.1) is 19.2 Å². The highest BCUT2D eigenvalue weighted by atomic mass is 32.1. The number of nitrogens with zero attached hydrogens (tertiary/aromatic N) is 1. The van der Waals surface area contributed by atoms with Crippen LogP contribution in [0, 0.1) is 0 Å². The largest absolute Gasteiger partial charge is 0.573 e. The molecule has 2 N–H and O–H groups in total. The molecule has 0 aliphatic rings. The molecule has 0 aliphatic heterocycles. The number of thiazole rings is 1. The molecule has 2 aromatic carbocycles. The smallest absolute Gasteiger partial charge is 0.497 e. The fourth-order valence-corrected chi connectivity index (χ4v) is 3.25. The van der Waals surface area contributed by atoms with Crippen LogP contribution >= 0.6 is 11.3 Å². The van der Waals surface area contributed by atoms with Crippen LogP contribution in [-0.2, 0) is 17.8 Å². The molecule has 1 heterocycles. The lowest BCUT2D eigenvalue weighted by atomic mass is 10.2. The first-order valence-electron chi connectivity index (χ1n) is 8.77. The average molecular weight is 437 g/mol. The summed E-state index contributed by atoms with van der Waals surface area (Å²) in [6.45, 7) is 0.373. The predicted molar refractivity (Wildman–Crippen MR) is 107 cm³/mol. The SMILES string of the molecule is COc1cccc(CNC(=O)Cc2csc(Nc3ccc(OC(F)(F)F)cc3)n2)c1. The minimum absolute atomic E-state index is 0.112. The normalized spacial score (nSPS) is 11.1. The van der Waals surface area contributed by atoms with E-state index in [2.05, 4.69) is 20.4 Å². The van der Waals surface area contributed by atoms with Crippen molar-refractivity contribution in [3.8, 4) is 11.5 Å². The van der Waals surface area contributed by atoms with Crippen molar-refractivity contribution in [3.05, 3.63) is 65.2 Å². The molecule has 0 unspecified atom stereocenters. The van der Waals surface area contributed by atoms with Crippen molar-refractivity contribution in [1.82, 2.24) is 10.3 Å². The molecule has 0 fully saturated rings. The Morgan fingerprint density at radius 1 is 1.13 bits per heavy atom. The van der Waals surface area contributed by atoms with E-state index in [0.717, 1.165) is 11.3 Å². The standard InChI is InChI=1S/C20H18F3N3O3S/c1-28-17-4-2-3-13(9-17)11-24-18(27)10-15-12-30-19(26-15)25-14-5-7-16(8-6-14)29-20(21,22)23/h2-9,12H,10-11H2,1H3,(H,24,27)(H,25,26). The van der Waals surface area contributed by atoms with Crippen molar-refractivity contribution in [1.29, 1.82) is 0 Å². The number of halogens is 3. The average Bonchev–Trinajstić information content (AvgIpc) is 3.13. The first kappa shape index (κ1) is 21.4. The number of nitrogens with one attached hydrogen (secondary N) is 2. The first-order chi connectivity index (χ1) is 14.3. The van der Waals surface area contributed by atoms with Gasteiger partial charge in [-0.05, 0) is 42.0 Å². The van der Waals surface area contributed by atoms with Gasteiger partial charge in [-0.15, -0.1) is 24.5 Å². The number of hydrogen-bond acceptors (Lipinski definition) is 6. The number of hydrogen-bond donors (Lipinski definition) is 2. The van der Waals surface area contributed by atoms with E-state index in [1.54, 1.807) is 12.5 Å². The Bertz CT molecular complexity index is 991. The van der Waals surface area contributed by atoms with Crippen LogP contribution in [0.4, 0.5) is 24.0 Å². The molecule has 0 bridgehead atoms. The van der Waals surface area contributed by atoms with Crippen molar-refractivity contribution >= 4 is 28.1 Å². The van der Waals surface area contributed by atoms with Gasteiger partial charge in [-0.25, -0.2) is 4.98 Å². The molecule has 0 radical (unpaired) electrons. The minimum Gasteiger partial charge on any atom is -0.497 e. The Balaban J connectivity index is 1.50. The van der Waals surface area contributed by atoms with Gasteiger partial charge in [0.25, 0.3) is 0 Å². The maximum absolute atomic E-state index is 12.2. The summed E-state index contributed by atoms with van der Waals surface area (Å²) in [5.74, 6) is 0.235. The molecule has 0 spiro atoms. The molecule has 0 atom stereocenters. The van der Waals surface area contributed by atoms with Gasteiger partial charge >= 0.3 is 6.36 Å². The van der Waals surface area contributed by atoms with E-state index < -0.39 is 6.36 Å². The zero-order valence-electron chi connectivity index (χ0n) is 15.8. The molecular formula is C20H18F3N3O3S. The van der Waals surface area contributed by atoms with Crippen LogP contribution in [0.5, 0.6) is 11.5 Å². The van der Waals surface area contributed by atoms with Crippen molar-refractivity contribution < 1.29 is 27.4 Å². The predicted octanol–water partition coefficient (Wildman–Crippen LogP) is 4.65.